The molecule has 2 atom stereocenters. The number of carbonyl (C=O) groups is 1. The average molecular weight is 315 g/mol. The molecule has 1 aromatic carbocycles. The highest BCUT2D eigenvalue weighted by atomic mass is 16.2. The number of anilines is 1. The summed E-state index contributed by atoms with van der Waals surface area (Å²) in [7, 11) is 3.88. The van der Waals surface area contributed by atoms with Crippen LogP contribution in [0.1, 0.15) is 25.5 Å². The van der Waals surface area contributed by atoms with Crippen molar-refractivity contribution in [3.8, 4) is 0 Å². The molecule has 0 aliphatic carbocycles. The fraction of sp³-hybridized carbons (Fsp3) is 0.412. The maximum absolute atomic E-state index is 12.0. The van der Waals surface area contributed by atoms with Gasteiger partial charge in [0.25, 0.3) is 0 Å². The van der Waals surface area contributed by atoms with Gasteiger partial charge in [0.2, 0.25) is 0 Å². The third kappa shape index (κ3) is 4.74. The van der Waals surface area contributed by atoms with Gasteiger partial charge in [-0.25, -0.2) is 4.79 Å². The Bertz CT molecular complexity index is 625. The molecule has 124 valence electrons. The van der Waals surface area contributed by atoms with Crippen LogP contribution in [0.15, 0.2) is 42.7 Å². The predicted molar refractivity (Wildman–Crippen MR) is 92.5 cm³/mol. The van der Waals surface area contributed by atoms with Gasteiger partial charge in [-0.3, -0.25) is 4.68 Å². The zero-order chi connectivity index (χ0) is 16.8. The lowest BCUT2D eigenvalue weighted by molar-refractivity contribution is 0.237. The second-order valence-corrected chi connectivity index (χ2v) is 5.82. The van der Waals surface area contributed by atoms with E-state index >= 15 is 0 Å². The summed E-state index contributed by atoms with van der Waals surface area (Å²) < 4.78 is 1.72. The van der Waals surface area contributed by atoms with Gasteiger partial charge in [-0.2, -0.15) is 5.10 Å². The van der Waals surface area contributed by atoms with Crippen molar-refractivity contribution in [2.24, 2.45) is 7.05 Å². The van der Waals surface area contributed by atoms with E-state index < -0.39 is 0 Å². The SMILES string of the molecule is CC(NC(=O)NCC(C)N(C)c1ccccc1)c1cnn(C)c1. The first-order valence-corrected chi connectivity index (χ1v) is 7.78. The number of carbonyl (C=O) groups excluding carboxylic acids is 1. The minimum Gasteiger partial charge on any atom is -0.370 e. The van der Waals surface area contributed by atoms with Gasteiger partial charge in [0.05, 0.1) is 12.2 Å². The van der Waals surface area contributed by atoms with Crippen LogP contribution in [-0.4, -0.2) is 35.4 Å². The topological polar surface area (TPSA) is 62.2 Å². The van der Waals surface area contributed by atoms with E-state index in [4.69, 9.17) is 0 Å². The van der Waals surface area contributed by atoms with Gasteiger partial charge in [0.15, 0.2) is 0 Å². The second-order valence-electron chi connectivity index (χ2n) is 5.82. The van der Waals surface area contributed by atoms with E-state index in [1.807, 2.05) is 45.4 Å². The van der Waals surface area contributed by atoms with Gasteiger partial charge < -0.3 is 15.5 Å². The van der Waals surface area contributed by atoms with Crippen LogP contribution in [0, 0.1) is 0 Å². The number of likely N-dealkylation sites (N-methyl/N-ethyl adjacent to an activating group) is 1. The standard InChI is InChI=1S/C17H25N5O/c1-13(22(4)16-8-6-5-7-9-16)10-18-17(23)20-14(2)15-11-19-21(3)12-15/h5-9,11-14H,10H2,1-4H3,(H2,18,20,23). The number of benzene rings is 1. The maximum Gasteiger partial charge on any atom is 0.315 e. The fourth-order valence-corrected chi connectivity index (χ4v) is 2.29. The molecule has 0 spiro atoms. The largest absolute Gasteiger partial charge is 0.370 e. The van der Waals surface area contributed by atoms with Crippen molar-refractivity contribution < 1.29 is 4.79 Å². The molecule has 0 bridgehead atoms. The summed E-state index contributed by atoms with van der Waals surface area (Å²) >= 11 is 0. The number of hydrogen-bond donors (Lipinski definition) is 2. The van der Waals surface area contributed by atoms with E-state index in [1.54, 1.807) is 10.9 Å². The Hall–Kier alpha value is -2.50. The molecule has 0 saturated heterocycles. The number of urea groups is 1. The number of aromatic nitrogens is 2. The van der Waals surface area contributed by atoms with Crippen molar-refractivity contribution in [3.63, 3.8) is 0 Å². The molecule has 2 amide bonds. The van der Waals surface area contributed by atoms with Crippen molar-refractivity contribution in [3.05, 3.63) is 48.3 Å². The molecule has 0 aliphatic heterocycles. The van der Waals surface area contributed by atoms with Crippen LogP contribution in [0.5, 0.6) is 0 Å². The Balaban J connectivity index is 1.79. The molecule has 6 heteroatoms. The minimum atomic E-state index is -0.172. The summed E-state index contributed by atoms with van der Waals surface area (Å²) in [5.41, 5.74) is 2.11. The number of aryl methyl sites for hydroxylation is 1. The van der Waals surface area contributed by atoms with E-state index in [2.05, 4.69) is 39.7 Å². The molecular formula is C17H25N5O. The van der Waals surface area contributed by atoms with Crippen LogP contribution in [-0.2, 0) is 7.05 Å². The second kappa shape index (κ2) is 7.67. The lowest BCUT2D eigenvalue weighted by Gasteiger charge is -2.27. The summed E-state index contributed by atoms with van der Waals surface area (Å²) in [6, 6.07) is 10.1. The van der Waals surface area contributed by atoms with E-state index in [0.29, 0.717) is 6.54 Å². The Morgan fingerprint density at radius 1 is 1.30 bits per heavy atom. The highest BCUT2D eigenvalue weighted by molar-refractivity contribution is 5.74. The van der Waals surface area contributed by atoms with Gasteiger partial charge in [-0.05, 0) is 26.0 Å². The zero-order valence-corrected chi connectivity index (χ0v) is 14.2. The number of amides is 2. The van der Waals surface area contributed by atoms with Crippen LogP contribution >= 0.6 is 0 Å². The van der Waals surface area contributed by atoms with Crippen LogP contribution in [0.4, 0.5) is 10.5 Å². The summed E-state index contributed by atoms with van der Waals surface area (Å²) in [4.78, 5) is 14.2. The number of rotatable bonds is 6. The summed E-state index contributed by atoms with van der Waals surface area (Å²) in [6.07, 6.45) is 3.66. The average Bonchev–Trinajstić information content (AvgIpc) is 2.99. The molecule has 0 radical (unpaired) electrons. The zero-order valence-electron chi connectivity index (χ0n) is 14.2. The fourth-order valence-electron chi connectivity index (χ4n) is 2.29. The van der Waals surface area contributed by atoms with Crippen molar-refractivity contribution in [2.45, 2.75) is 25.9 Å². The molecule has 2 N–H and O–H groups in total. The van der Waals surface area contributed by atoms with E-state index in [-0.39, 0.29) is 18.1 Å². The Kier molecular flexibility index (Phi) is 5.62. The smallest absolute Gasteiger partial charge is 0.315 e. The predicted octanol–water partition coefficient (Wildman–Crippen LogP) is 2.31. The van der Waals surface area contributed by atoms with Gasteiger partial charge in [0.1, 0.15) is 0 Å². The van der Waals surface area contributed by atoms with E-state index in [9.17, 15) is 4.79 Å². The number of para-hydroxylation sites is 1. The van der Waals surface area contributed by atoms with Crippen LogP contribution in [0.25, 0.3) is 0 Å². The first-order chi connectivity index (χ1) is 11.0. The van der Waals surface area contributed by atoms with Crippen LogP contribution in [0.2, 0.25) is 0 Å². The minimum absolute atomic E-state index is 0.0779. The Morgan fingerprint density at radius 3 is 2.61 bits per heavy atom. The number of nitrogens with zero attached hydrogens (tertiary/aromatic N) is 3. The van der Waals surface area contributed by atoms with E-state index in [0.717, 1.165) is 11.3 Å². The highest BCUT2D eigenvalue weighted by Gasteiger charge is 2.14. The molecule has 2 rings (SSSR count). The molecule has 0 saturated carbocycles. The van der Waals surface area contributed by atoms with Gasteiger partial charge in [0, 0.05) is 44.1 Å². The quantitative estimate of drug-likeness (QED) is 0.860. The molecule has 2 unspecified atom stereocenters. The molecule has 6 nitrogen and oxygen atoms in total. The maximum atomic E-state index is 12.0. The molecule has 1 heterocycles. The first kappa shape index (κ1) is 16.9. The van der Waals surface area contributed by atoms with Crippen molar-refractivity contribution in [2.75, 3.05) is 18.5 Å². The molecular weight excluding hydrogens is 290 g/mol. The van der Waals surface area contributed by atoms with Crippen LogP contribution < -0.4 is 15.5 Å². The normalized spacial score (nSPS) is 13.2. The molecule has 23 heavy (non-hydrogen) atoms. The third-order valence-electron chi connectivity index (χ3n) is 3.96. The van der Waals surface area contributed by atoms with Crippen molar-refractivity contribution in [1.82, 2.24) is 20.4 Å². The number of hydrogen-bond acceptors (Lipinski definition) is 3. The molecule has 1 aromatic heterocycles. The Labute approximate surface area is 137 Å². The van der Waals surface area contributed by atoms with Gasteiger partial charge in [-0.15, -0.1) is 0 Å². The lowest BCUT2D eigenvalue weighted by atomic mass is 10.2. The highest BCUT2D eigenvalue weighted by Crippen LogP contribution is 2.13. The summed E-state index contributed by atoms with van der Waals surface area (Å²) in [5, 5.41) is 9.96. The Morgan fingerprint density at radius 2 is 2.00 bits per heavy atom. The summed E-state index contributed by atoms with van der Waals surface area (Å²) in [5.74, 6) is 0. The third-order valence-corrected chi connectivity index (χ3v) is 3.96. The lowest BCUT2D eigenvalue weighted by Crippen LogP contribution is -2.44. The van der Waals surface area contributed by atoms with Crippen molar-refractivity contribution >= 4 is 11.7 Å². The number of nitrogens with one attached hydrogen (secondary N) is 2. The van der Waals surface area contributed by atoms with Crippen molar-refractivity contribution in [1.29, 1.82) is 0 Å². The van der Waals surface area contributed by atoms with Gasteiger partial charge >= 0.3 is 6.03 Å². The first-order valence-electron chi connectivity index (χ1n) is 7.78. The van der Waals surface area contributed by atoms with E-state index in [1.165, 1.54) is 0 Å². The summed E-state index contributed by atoms with van der Waals surface area (Å²) in [6.45, 7) is 4.59. The van der Waals surface area contributed by atoms with Gasteiger partial charge in [-0.1, -0.05) is 18.2 Å². The molecule has 0 aliphatic rings. The van der Waals surface area contributed by atoms with Crippen LogP contribution in [0.3, 0.4) is 0 Å². The molecule has 2 aromatic rings. The monoisotopic (exact) mass is 315 g/mol. The molecule has 0 fully saturated rings.